The van der Waals surface area contributed by atoms with E-state index in [9.17, 15) is 18.0 Å². The molecular weight excluding hydrogens is 346 g/mol. The molecule has 0 atom stereocenters. The number of urea groups is 1. The van der Waals surface area contributed by atoms with Gasteiger partial charge < -0.3 is 15.7 Å². The van der Waals surface area contributed by atoms with Gasteiger partial charge in [0.25, 0.3) is 0 Å². The average Bonchev–Trinajstić information content (AvgIpc) is 2.57. The summed E-state index contributed by atoms with van der Waals surface area (Å²) in [6, 6.07) is 4.12. The van der Waals surface area contributed by atoms with Crippen LogP contribution in [0, 0.1) is 6.92 Å². The number of benzene rings is 1. The fraction of sp³-hybridized carbons (Fsp3) is 0.500. The maximum Gasteiger partial charge on any atom is 0.319 e. The zero-order valence-electron chi connectivity index (χ0n) is 14.1. The summed E-state index contributed by atoms with van der Waals surface area (Å²) in [7, 11) is -3.60. The van der Waals surface area contributed by atoms with Gasteiger partial charge in [-0.15, -0.1) is 0 Å². The number of aryl methyl sites for hydroxylation is 1. The number of carbonyl (C=O) groups is 2. The number of nitrogens with one attached hydrogen (secondary N) is 2. The lowest BCUT2D eigenvalue weighted by molar-refractivity contribution is -0.136. The summed E-state index contributed by atoms with van der Waals surface area (Å²) in [4.78, 5) is 22.4. The Labute approximate surface area is 147 Å². The summed E-state index contributed by atoms with van der Waals surface area (Å²) in [5.74, 6) is -1.01. The quantitative estimate of drug-likeness (QED) is 0.707. The van der Waals surface area contributed by atoms with Crippen LogP contribution in [0.25, 0.3) is 0 Å². The first-order chi connectivity index (χ1) is 11.8. The van der Waals surface area contributed by atoms with Crippen LogP contribution in [0.15, 0.2) is 23.1 Å². The van der Waals surface area contributed by atoms with Crippen LogP contribution < -0.4 is 10.6 Å². The van der Waals surface area contributed by atoms with Gasteiger partial charge >= 0.3 is 12.0 Å². The number of piperidine rings is 1. The van der Waals surface area contributed by atoms with Crippen molar-refractivity contribution in [3.63, 3.8) is 0 Å². The zero-order valence-corrected chi connectivity index (χ0v) is 14.9. The molecule has 0 aliphatic carbocycles. The molecule has 0 aromatic heterocycles. The summed E-state index contributed by atoms with van der Waals surface area (Å²) in [5, 5.41) is 13.5. The molecule has 1 aliphatic heterocycles. The van der Waals surface area contributed by atoms with Crippen molar-refractivity contribution in [3.05, 3.63) is 23.8 Å². The lowest BCUT2D eigenvalue weighted by Gasteiger charge is -2.26. The highest BCUT2D eigenvalue weighted by molar-refractivity contribution is 7.89. The van der Waals surface area contributed by atoms with Crippen molar-refractivity contribution in [3.8, 4) is 0 Å². The number of nitrogens with zero attached hydrogens (tertiary/aromatic N) is 1. The van der Waals surface area contributed by atoms with E-state index in [-0.39, 0.29) is 17.9 Å². The van der Waals surface area contributed by atoms with Crippen LogP contribution in [-0.2, 0) is 14.8 Å². The molecule has 0 spiro atoms. The molecular formula is C16H23N3O5S. The molecule has 1 aliphatic rings. The smallest absolute Gasteiger partial charge is 0.319 e. The Balaban J connectivity index is 2.11. The molecule has 1 aromatic rings. The van der Waals surface area contributed by atoms with Gasteiger partial charge in [0, 0.05) is 25.3 Å². The molecule has 0 radical (unpaired) electrons. The van der Waals surface area contributed by atoms with Gasteiger partial charge in [0.2, 0.25) is 10.0 Å². The highest BCUT2D eigenvalue weighted by Crippen LogP contribution is 2.25. The molecule has 0 bridgehead atoms. The van der Waals surface area contributed by atoms with Crippen molar-refractivity contribution in [1.29, 1.82) is 0 Å². The molecule has 2 rings (SSSR count). The van der Waals surface area contributed by atoms with Crippen molar-refractivity contribution in [2.24, 2.45) is 0 Å². The number of amides is 2. The van der Waals surface area contributed by atoms with E-state index in [0.717, 1.165) is 19.3 Å². The van der Waals surface area contributed by atoms with E-state index >= 15 is 0 Å². The Hall–Kier alpha value is -2.13. The van der Waals surface area contributed by atoms with Crippen LogP contribution in [0.2, 0.25) is 0 Å². The first kappa shape index (κ1) is 19.2. The third-order valence-corrected chi connectivity index (χ3v) is 6.04. The molecule has 1 heterocycles. The minimum Gasteiger partial charge on any atom is -0.481 e. The second-order valence-corrected chi connectivity index (χ2v) is 7.88. The number of hydrogen-bond donors (Lipinski definition) is 3. The number of rotatable bonds is 6. The van der Waals surface area contributed by atoms with Crippen LogP contribution in [0.3, 0.4) is 0 Å². The van der Waals surface area contributed by atoms with Gasteiger partial charge in [-0.3, -0.25) is 4.79 Å². The lowest BCUT2D eigenvalue weighted by atomic mass is 10.2. The molecule has 0 unspecified atom stereocenters. The molecule has 138 valence electrons. The summed E-state index contributed by atoms with van der Waals surface area (Å²) >= 11 is 0. The van der Waals surface area contributed by atoms with E-state index in [1.807, 2.05) is 0 Å². The topological polar surface area (TPSA) is 116 Å². The fourth-order valence-electron chi connectivity index (χ4n) is 2.66. The van der Waals surface area contributed by atoms with E-state index in [0.29, 0.717) is 24.3 Å². The van der Waals surface area contributed by atoms with E-state index in [1.165, 1.54) is 10.4 Å². The molecule has 1 fully saturated rings. The number of aliphatic carboxylic acids is 1. The molecule has 0 saturated carbocycles. The Morgan fingerprint density at radius 1 is 1.20 bits per heavy atom. The third kappa shape index (κ3) is 5.17. The number of carboxylic acids is 1. The highest BCUT2D eigenvalue weighted by Gasteiger charge is 2.27. The van der Waals surface area contributed by atoms with Crippen molar-refractivity contribution in [1.82, 2.24) is 9.62 Å². The number of sulfonamides is 1. The standard InChI is InChI=1S/C16H23N3O5S/c1-12-5-6-13(18-16(22)17-8-7-15(20)21)11-14(12)25(23,24)19-9-3-2-4-10-19/h5-6,11H,2-4,7-10H2,1H3,(H,20,21)(H2,17,18,22). The Kier molecular flexibility index (Phi) is 6.38. The first-order valence-electron chi connectivity index (χ1n) is 8.18. The van der Waals surface area contributed by atoms with Crippen LogP contribution in [0.5, 0.6) is 0 Å². The van der Waals surface area contributed by atoms with Gasteiger partial charge in [0.1, 0.15) is 0 Å². The van der Waals surface area contributed by atoms with Crippen molar-refractivity contribution in [2.75, 3.05) is 25.0 Å². The second kappa shape index (κ2) is 8.30. The number of carboxylic acid groups (broad SMARTS) is 1. The highest BCUT2D eigenvalue weighted by atomic mass is 32.2. The van der Waals surface area contributed by atoms with Gasteiger partial charge in [-0.1, -0.05) is 12.5 Å². The number of anilines is 1. The Morgan fingerprint density at radius 2 is 1.88 bits per heavy atom. The van der Waals surface area contributed by atoms with E-state index in [2.05, 4.69) is 10.6 Å². The van der Waals surface area contributed by atoms with Crippen LogP contribution in [0.4, 0.5) is 10.5 Å². The second-order valence-electron chi connectivity index (χ2n) is 5.97. The van der Waals surface area contributed by atoms with Crippen molar-refractivity contribution in [2.45, 2.75) is 37.5 Å². The SMILES string of the molecule is Cc1ccc(NC(=O)NCCC(=O)O)cc1S(=O)(=O)N1CCCCC1. The lowest BCUT2D eigenvalue weighted by Crippen LogP contribution is -2.36. The number of hydrogen-bond acceptors (Lipinski definition) is 4. The van der Waals surface area contributed by atoms with Crippen molar-refractivity contribution >= 4 is 27.7 Å². The Morgan fingerprint density at radius 3 is 2.52 bits per heavy atom. The van der Waals surface area contributed by atoms with Crippen molar-refractivity contribution < 1.29 is 23.1 Å². The van der Waals surface area contributed by atoms with E-state index in [4.69, 9.17) is 5.11 Å². The predicted molar refractivity (Wildman–Crippen MR) is 93.1 cm³/mol. The van der Waals surface area contributed by atoms with Gasteiger partial charge in [-0.25, -0.2) is 13.2 Å². The molecule has 1 saturated heterocycles. The number of carbonyl (C=O) groups excluding carboxylic acids is 1. The minimum absolute atomic E-state index is 0.00797. The summed E-state index contributed by atoms with van der Waals surface area (Å²) in [6.45, 7) is 2.73. The molecule has 3 N–H and O–H groups in total. The average molecular weight is 369 g/mol. The first-order valence-corrected chi connectivity index (χ1v) is 9.62. The zero-order chi connectivity index (χ0) is 18.4. The minimum atomic E-state index is -3.60. The molecule has 2 amide bonds. The molecule has 9 heteroatoms. The summed E-state index contributed by atoms with van der Waals surface area (Å²) in [5.41, 5.74) is 0.955. The molecule has 1 aromatic carbocycles. The summed E-state index contributed by atoms with van der Waals surface area (Å²) in [6.07, 6.45) is 2.55. The van der Waals surface area contributed by atoms with E-state index in [1.54, 1.807) is 19.1 Å². The normalized spacial score (nSPS) is 15.6. The van der Waals surface area contributed by atoms with E-state index < -0.39 is 22.0 Å². The van der Waals surface area contributed by atoms with Gasteiger partial charge in [-0.05, 0) is 37.5 Å². The molecule has 8 nitrogen and oxygen atoms in total. The van der Waals surface area contributed by atoms with Crippen LogP contribution >= 0.6 is 0 Å². The van der Waals surface area contributed by atoms with Gasteiger partial charge in [-0.2, -0.15) is 4.31 Å². The van der Waals surface area contributed by atoms with Crippen LogP contribution in [-0.4, -0.2) is 49.5 Å². The monoisotopic (exact) mass is 369 g/mol. The fourth-order valence-corrected chi connectivity index (χ4v) is 4.43. The third-order valence-electron chi connectivity index (χ3n) is 4.00. The van der Waals surface area contributed by atoms with Gasteiger partial charge in [0.05, 0.1) is 11.3 Å². The Bertz CT molecular complexity index is 742. The predicted octanol–water partition coefficient (Wildman–Crippen LogP) is 1.77. The molecule has 25 heavy (non-hydrogen) atoms. The summed E-state index contributed by atoms with van der Waals surface area (Å²) < 4.78 is 27.1. The van der Waals surface area contributed by atoms with Gasteiger partial charge in [0.15, 0.2) is 0 Å². The maximum atomic E-state index is 12.8. The maximum absolute atomic E-state index is 12.8. The van der Waals surface area contributed by atoms with Crippen LogP contribution in [0.1, 0.15) is 31.2 Å². The largest absolute Gasteiger partial charge is 0.481 e.